The fourth-order valence-corrected chi connectivity index (χ4v) is 0.979. The third-order valence-corrected chi connectivity index (χ3v) is 1.44. The first-order valence-corrected chi connectivity index (χ1v) is 3.40. The van der Waals surface area contributed by atoms with Crippen LogP contribution < -0.4 is 10.6 Å². The lowest BCUT2D eigenvalue weighted by molar-refractivity contribution is 0.0304. The minimum atomic E-state index is 0.378. The number of hydrogen-bond acceptors (Lipinski definition) is 3. The molecule has 3 nitrogen and oxygen atoms in total. The van der Waals surface area contributed by atoms with Crippen molar-refractivity contribution in [2.24, 2.45) is 0 Å². The second-order valence-electron chi connectivity index (χ2n) is 2.25. The molecule has 0 unspecified atom stereocenters. The van der Waals surface area contributed by atoms with Crippen molar-refractivity contribution < 1.29 is 4.74 Å². The van der Waals surface area contributed by atoms with Crippen molar-refractivity contribution in [2.45, 2.75) is 6.10 Å². The van der Waals surface area contributed by atoms with Crippen molar-refractivity contribution in [3.8, 4) is 0 Å². The van der Waals surface area contributed by atoms with E-state index in [-0.39, 0.29) is 0 Å². The Balaban J connectivity index is 2.08. The van der Waals surface area contributed by atoms with Gasteiger partial charge in [0.05, 0.1) is 12.7 Å². The van der Waals surface area contributed by atoms with E-state index in [0.717, 1.165) is 26.2 Å². The Morgan fingerprint density at radius 2 is 2.67 bits per heavy atom. The van der Waals surface area contributed by atoms with Crippen LogP contribution in [-0.4, -0.2) is 39.4 Å². The minimum Gasteiger partial charge on any atom is -0.374 e. The highest BCUT2D eigenvalue weighted by atomic mass is 16.5. The second-order valence-corrected chi connectivity index (χ2v) is 2.25. The second kappa shape index (κ2) is 3.82. The summed E-state index contributed by atoms with van der Waals surface area (Å²) in [4.78, 5) is 0. The van der Waals surface area contributed by atoms with Gasteiger partial charge in [0.25, 0.3) is 0 Å². The average Bonchev–Trinajstić information content (AvgIpc) is 1.91. The molecule has 1 rings (SSSR count). The number of likely N-dealkylation sites (N-methyl/N-ethyl adjacent to an activating group) is 1. The highest BCUT2D eigenvalue weighted by molar-refractivity contribution is 4.67. The fraction of sp³-hybridized carbons (Fsp3) is 1.00. The van der Waals surface area contributed by atoms with Gasteiger partial charge in [0.15, 0.2) is 0 Å². The van der Waals surface area contributed by atoms with E-state index < -0.39 is 0 Å². The van der Waals surface area contributed by atoms with E-state index in [1.165, 1.54) is 0 Å². The largest absolute Gasteiger partial charge is 0.374 e. The highest BCUT2D eigenvalue weighted by Gasteiger charge is 2.10. The van der Waals surface area contributed by atoms with Gasteiger partial charge >= 0.3 is 0 Å². The van der Waals surface area contributed by atoms with Crippen molar-refractivity contribution >= 4 is 0 Å². The molecule has 0 aliphatic carbocycles. The maximum Gasteiger partial charge on any atom is 0.0824 e. The van der Waals surface area contributed by atoms with Crippen molar-refractivity contribution in [3.63, 3.8) is 0 Å². The molecule has 0 aromatic heterocycles. The molecular formula is C6H14N2O. The topological polar surface area (TPSA) is 33.3 Å². The zero-order valence-electron chi connectivity index (χ0n) is 5.81. The number of morpholine rings is 1. The van der Waals surface area contributed by atoms with E-state index >= 15 is 0 Å². The van der Waals surface area contributed by atoms with Crippen LogP contribution in [0.1, 0.15) is 0 Å². The molecule has 1 heterocycles. The van der Waals surface area contributed by atoms with Gasteiger partial charge in [0.2, 0.25) is 0 Å². The Hall–Kier alpha value is -0.120. The van der Waals surface area contributed by atoms with E-state index in [2.05, 4.69) is 10.6 Å². The van der Waals surface area contributed by atoms with E-state index in [4.69, 9.17) is 4.74 Å². The molecule has 0 aromatic rings. The first kappa shape index (κ1) is 6.99. The van der Waals surface area contributed by atoms with Crippen molar-refractivity contribution in [1.29, 1.82) is 0 Å². The summed E-state index contributed by atoms with van der Waals surface area (Å²) < 4.78 is 5.39. The molecule has 1 fully saturated rings. The van der Waals surface area contributed by atoms with Crippen LogP contribution in [0.3, 0.4) is 0 Å². The van der Waals surface area contributed by atoms with Gasteiger partial charge in [0, 0.05) is 19.6 Å². The molecule has 0 saturated carbocycles. The van der Waals surface area contributed by atoms with E-state index in [0.29, 0.717) is 6.10 Å². The molecule has 0 radical (unpaired) electrons. The zero-order valence-corrected chi connectivity index (χ0v) is 5.81. The predicted molar refractivity (Wildman–Crippen MR) is 36.5 cm³/mol. The number of nitrogens with one attached hydrogen (secondary N) is 2. The maximum atomic E-state index is 5.39. The fourth-order valence-electron chi connectivity index (χ4n) is 0.979. The van der Waals surface area contributed by atoms with Gasteiger partial charge in [-0.1, -0.05) is 0 Å². The summed E-state index contributed by atoms with van der Waals surface area (Å²) in [6, 6.07) is 0. The van der Waals surface area contributed by atoms with E-state index in [1.807, 2.05) is 7.05 Å². The quantitative estimate of drug-likeness (QED) is 0.513. The Labute approximate surface area is 55.8 Å². The molecule has 0 amide bonds. The lowest BCUT2D eigenvalue weighted by Crippen LogP contribution is -2.43. The van der Waals surface area contributed by atoms with Crippen molar-refractivity contribution in [3.05, 3.63) is 0 Å². The standard InChI is InChI=1S/C6H14N2O/c1-7-4-6-5-8-2-3-9-6/h6-8H,2-5H2,1H3/t6-/m1/s1. The molecule has 0 aromatic carbocycles. The van der Waals surface area contributed by atoms with E-state index in [9.17, 15) is 0 Å². The van der Waals surface area contributed by atoms with Crippen LogP contribution in [0.4, 0.5) is 0 Å². The van der Waals surface area contributed by atoms with E-state index in [1.54, 1.807) is 0 Å². The molecule has 1 aliphatic rings. The first-order valence-electron chi connectivity index (χ1n) is 3.40. The summed E-state index contributed by atoms with van der Waals surface area (Å²) in [6.45, 7) is 3.79. The minimum absolute atomic E-state index is 0.378. The predicted octanol–water partition coefficient (Wildman–Crippen LogP) is -0.806. The van der Waals surface area contributed by atoms with Crippen LogP contribution in [0, 0.1) is 0 Å². The summed E-state index contributed by atoms with van der Waals surface area (Å²) in [7, 11) is 1.94. The third kappa shape index (κ3) is 2.30. The van der Waals surface area contributed by atoms with Crippen LogP contribution in [0.15, 0.2) is 0 Å². The van der Waals surface area contributed by atoms with Crippen molar-refractivity contribution in [1.82, 2.24) is 10.6 Å². The van der Waals surface area contributed by atoms with Gasteiger partial charge in [-0.2, -0.15) is 0 Å². The van der Waals surface area contributed by atoms with Gasteiger partial charge in [-0.3, -0.25) is 0 Å². The van der Waals surface area contributed by atoms with Crippen LogP contribution in [0.2, 0.25) is 0 Å². The number of hydrogen-bond donors (Lipinski definition) is 2. The summed E-state index contributed by atoms with van der Waals surface area (Å²) >= 11 is 0. The molecule has 2 N–H and O–H groups in total. The van der Waals surface area contributed by atoms with Crippen LogP contribution in [-0.2, 0) is 4.74 Å². The zero-order chi connectivity index (χ0) is 6.53. The van der Waals surface area contributed by atoms with Gasteiger partial charge in [0.1, 0.15) is 0 Å². The van der Waals surface area contributed by atoms with Crippen LogP contribution in [0.5, 0.6) is 0 Å². The Kier molecular flexibility index (Phi) is 2.97. The lowest BCUT2D eigenvalue weighted by atomic mass is 10.3. The lowest BCUT2D eigenvalue weighted by Gasteiger charge is -2.22. The van der Waals surface area contributed by atoms with Crippen molar-refractivity contribution in [2.75, 3.05) is 33.3 Å². The summed E-state index contributed by atoms with van der Waals surface area (Å²) in [5, 5.41) is 6.33. The summed E-state index contributed by atoms with van der Waals surface area (Å²) in [5.74, 6) is 0. The molecule has 1 saturated heterocycles. The number of rotatable bonds is 2. The normalized spacial score (nSPS) is 28.3. The SMILES string of the molecule is CNC[C@@H]1CNCCO1. The number of ether oxygens (including phenoxy) is 1. The Morgan fingerprint density at radius 1 is 1.78 bits per heavy atom. The highest BCUT2D eigenvalue weighted by Crippen LogP contribution is 1.92. The molecular weight excluding hydrogens is 116 g/mol. The monoisotopic (exact) mass is 130 g/mol. The molecule has 9 heavy (non-hydrogen) atoms. The third-order valence-electron chi connectivity index (χ3n) is 1.44. The van der Waals surface area contributed by atoms with Gasteiger partial charge in [-0.25, -0.2) is 0 Å². The van der Waals surface area contributed by atoms with Crippen LogP contribution in [0.25, 0.3) is 0 Å². The molecule has 1 atom stereocenters. The molecule has 3 heteroatoms. The molecule has 54 valence electrons. The van der Waals surface area contributed by atoms with Gasteiger partial charge in [-0.05, 0) is 7.05 Å². The smallest absolute Gasteiger partial charge is 0.0824 e. The van der Waals surface area contributed by atoms with Crippen LogP contribution >= 0.6 is 0 Å². The Morgan fingerprint density at radius 3 is 3.22 bits per heavy atom. The van der Waals surface area contributed by atoms with Gasteiger partial charge < -0.3 is 15.4 Å². The summed E-state index contributed by atoms with van der Waals surface area (Å²) in [5.41, 5.74) is 0. The molecule has 0 spiro atoms. The Bertz CT molecular complexity index is 68.7. The average molecular weight is 130 g/mol. The first-order chi connectivity index (χ1) is 4.43. The van der Waals surface area contributed by atoms with Gasteiger partial charge in [-0.15, -0.1) is 0 Å². The molecule has 0 bridgehead atoms. The molecule has 1 aliphatic heterocycles. The summed E-state index contributed by atoms with van der Waals surface area (Å²) in [6.07, 6.45) is 0.378. The maximum absolute atomic E-state index is 5.39.